The number of nitrogens with two attached hydrogens (primary N) is 1. The Morgan fingerprint density at radius 2 is 2.12 bits per heavy atom. The number of ether oxygens (including phenoxy) is 1. The number of nitriles is 1. The first-order valence-corrected chi connectivity index (χ1v) is 8.28. The lowest BCUT2D eigenvalue weighted by Gasteiger charge is -2.33. The molecular formula is C17H20N6O. The second-order valence-corrected chi connectivity index (χ2v) is 6.54. The lowest BCUT2D eigenvalue weighted by Crippen LogP contribution is -2.44. The van der Waals surface area contributed by atoms with Gasteiger partial charge in [-0.3, -0.25) is 0 Å². The molecule has 7 nitrogen and oxygen atoms in total. The molecule has 0 amide bonds. The van der Waals surface area contributed by atoms with Gasteiger partial charge >= 0.3 is 0 Å². The number of nitrogens with one attached hydrogen (secondary N) is 2. The fourth-order valence-corrected chi connectivity index (χ4v) is 3.22. The predicted octanol–water partition coefficient (Wildman–Crippen LogP) is 1.60. The van der Waals surface area contributed by atoms with Crippen LogP contribution in [-0.4, -0.2) is 41.3 Å². The van der Waals surface area contributed by atoms with Gasteiger partial charge in [0.05, 0.1) is 12.6 Å². The van der Waals surface area contributed by atoms with Crippen molar-refractivity contribution in [1.82, 2.24) is 9.97 Å². The number of anilines is 2. The third kappa shape index (κ3) is 2.98. The Morgan fingerprint density at radius 1 is 1.25 bits per heavy atom. The standard InChI is InChI=1S/C17H20N6O/c18-7-14-3-10-8-20-16(21-13-4-11(19)5-13)6-15(10)17(23-14)22-12-1-2-24-9-12/h3,6,8,11-13H,1-2,4-5,9,19H2,(H,20,21)(H,22,23)/t11-,12-,13+/m1/s1. The van der Waals surface area contributed by atoms with Crippen LogP contribution in [0.1, 0.15) is 25.0 Å². The quantitative estimate of drug-likeness (QED) is 0.783. The lowest BCUT2D eigenvalue weighted by atomic mass is 9.88. The van der Waals surface area contributed by atoms with E-state index in [0.29, 0.717) is 24.4 Å². The fourth-order valence-electron chi connectivity index (χ4n) is 3.22. The maximum atomic E-state index is 9.21. The molecule has 4 N–H and O–H groups in total. The van der Waals surface area contributed by atoms with Gasteiger partial charge in [-0.25, -0.2) is 9.97 Å². The molecule has 2 fully saturated rings. The van der Waals surface area contributed by atoms with Gasteiger partial charge in [-0.2, -0.15) is 5.26 Å². The van der Waals surface area contributed by atoms with Crippen LogP contribution in [0.15, 0.2) is 18.3 Å². The number of rotatable bonds is 4. The molecule has 3 heterocycles. The summed E-state index contributed by atoms with van der Waals surface area (Å²) < 4.78 is 5.41. The van der Waals surface area contributed by atoms with Gasteiger partial charge in [0.1, 0.15) is 23.4 Å². The number of hydrogen-bond acceptors (Lipinski definition) is 7. The molecule has 1 saturated carbocycles. The Morgan fingerprint density at radius 3 is 2.83 bits per heavy atom. The highest BCUT2D eigenvalue weighted by Gasteiger charge is 2.26. The Kier molecular flexibility index (Phi) is 3.92. The monoisotopic (exact) mass is 324 g/mol. The first kappa shape index (κ1) is 15.1. The molecular weight excluding hydrogens is 304 g/mol. The molecule has 4 rings (SSSR count). The van der Waals surface area contributed by atoms with Crippen LogP contribution < -0.4 is 16.4 Å². The van der Waals surface area contributed by atoms with E-state index in [-0.39, 0.29) is 6.04 Å². The van der Waals surface area contributed by atoms with Crippen molar-refractivity contribution in [1.29, 1.82) is 5.26 Å². The van der Waals surface area contributed by atoms with Gasteiger partial charge in [-0.05, 0) is 31.4 Å². The fraction of sp³-hybridized carbons (Fsp3) is 0.471. The molecule has 24 heavy (non-hydrogen) atoms. The predicted molar refractivity (Wildman–Crippen MR) is 91.7 cm³/mol. The minimum absolute atomic E-state index is 0.226. The van der Waals surface area contributed by atoms with Gasteiger partial charge in [0.15, 0.2) is 0 Å². The summed E-state index contributed by atoms with van der Waals surface area (Å²) in [4.78, 5) is 8.91. The molecule has 0 aromatic carbocycles. The Hall–Kier alpha value is -2.43. The van der Waals surface area contributed by atoms with Gasteiger partial charge < -0.3 is 21.1 Å². The van der Waals surface area contributed by atoms with Crippen molar-refractivity contribution in [2.45, 2.75) is 37.4 Å². The molecule has 0 radical (unpaired) electrons. The van der Waals surface area contributed by atoms with Crippen LogP contribution in [0.3, 0.4) is 0 Å². The average Bonchev–Trinajstić information content (AvgIpc) is 3.06. The summed E-state index contributed by atoms with van der Waals surface area (Å²) in [6, 6.07) is 6.78. The van der Waals surface area contributed by atoms with E-state index in [4.69, 9.17) is 10.5 Å². The van der Waals surface area contributed by atoms with Crippen LogP contribution in [0, 0.1) is 11.3 Å². The summed E-state index contributed by atoms with van der Waals surface area (Å²) in [6.45, 7) is 1.42. The third-order valence-electron chi connectivity index (χ3n) is 4.63. The summed E-state index contributed by atoms with van der Waals surface area (Å²) >= 11 is 0. The second-order valence-electron chi connectivity index (χ2n) is 6.54. The molecule has 1 aliphatic carbocycles. The molecule has 1 saturated heterocycles. The molecule has 2 aromatic rings. The average molecular weight is 324 g/mol. The summed E-state index contributed by atoms with van der Waals surface area (Å²) in [7, 11) is 0. The van der Waals surface area contributed by atoms with E-state index >= 15 is 0 Å². The Balaban J connectivity index is 1.66. The van der Waals surface area contributed by atoms with E-state index in [2.05, 4.69) is 26.7 Å². The van der Waals surface area contributed by atoms with Crippen LogP contribution in [0.5, 0.6) is 0 Å². The lowest BCUT2D eigenvalue weighted by molar-refractivity contribution is 0.195. The van der Waals surface area contributed by atoms with Crippen LogP contribution in [0.4, 0.5) is 11.6 Å². The molecule has 1 atom stereocenters. The zero-order valence-electron chi connectivity index (χ0n) is 13.3. The number of pyridine rings is 2. The molecule has 124 valence electrons. The van der Waals surface area contributed by atoms with E-state index in [0.717, 1.165) is 48.3 Å². The normalized spacial score (nSPS) is 25.9. The van der Waals surface area contributed by atoms with Crippen LogP contribution in [-0.2, 0) is 4.74 Å². The molecule has 2 aliphatic rings. The van der Waals surface area contributed by atoms with E-state index in [1.165, 1.54) is 0 Å². The molecule has 0 unspecified atom stereocenters. The van der Waals surface area contributed by atoms with Crippen molar-refractivity contribution in [3.8, 4) is 6.07 Å². The van der Waals surface area contributed by atoms with E-state index < -0.39 is 0 Å². The van der Waals surface area contributed by atoms with Crippen molar-refractivity contribution in [2.24, 2.45) is 5.73 Å². The Labute approximate surface area is 140 Å². The zero-order valence-corrected chi connectivity index (χ0v) is 13.3. The molecule has 0 bridgehead atoms. The highest BCUT2D eigenvalue weighted by molar-refractivity contribution is 5.93. The van der Waals surface area contributed by atoms with Crippen molar-refractivity contribution in [3.63, 3.8) is 0 Å². The van der Waals surface area contributed by atoms with Crippen molar-refractivity contribution in [2.75, 3.05) is 23.8 Å². The number of nitrogens with zero attached hydrogens (tertiary/aromatic N) is 3. The maximum Gasteiger partial charge on any atom is 0.143 e. The SMILES string of the molecule is N#Cc1cc2cnc(N[C@H]3C[C@@H](N)C3)cc2c(N[C@@H]2CCOC2)n1. The van der Waals surface area contributed by atoms with Gasteiger partial charge in [0.2, 0.25) is 0 Å². The minimum Gasteiger partial charge on any atom is -0.379 e. The summed E-state index contributed by atoms with van der Waals surface area (Å²) in [5.74, 6) is 1.53. The minimum atomic E-state index is 0.226. The third-order valence-corrected chi connectivity index (χ3v) is 4.63. The van der Waals surface area contributed by atoms with E-state index in [1.807, 2.05) is 6.07 Å². The molecule has 7 heteroatoms. The smallest absolute Gasteiger partial charge is 0.143 e. The zero-order chi connectivity index (χ0) is 16.5. The summed E-state index contributed by atoms with van der Waals surface area (Å²) in [5.41, 5.74) is 6.22. The topological polar surface area (TPSA) is 109 Å². The van der Waals surface area contributed by atoms with E-state index in [1.54, 1.807) is 12.3 Å². The number of aromatic nitrogens is 2. The highest BCUT2D eigenvalue weighted by atomic mass is 16.5. The van der Waals surface area contributed by atoms with Crippen LogP contribution in [0.25, 0.3) is 10.8 Å². The van der Waals surface area contributed by atoms with Crippen molar-refractivity contribution >= 4 is 22.4 Å². The maximum absolute atomic E-state index is 9.21. The van der Waals surface area contributed by atoms with Gasteiger partial charge in [-0.15, -0.1) is 0 Å². The van der Waals surface area contributed by atoms with Gasteiger partial charge in [0, 0.05) is 35.7 Å². The largest absolute Gasteiger partial charge is 0.379 e. The number of fused-ring (bicyclic) bond motifs is 1. The molecule has 1 aliphatic heterocycles. The molecule has 2 aromatic heterocycles. The van der Waals surface area contributed by atoms with Crippen LogP contribution in [0.2, 0.25) is 0 Å². The van der Waals surface area contributed by atoms with Crippen molar-refractivity contribution < 1.29 is 4.74 Å². The van der Waals surface area contributed by atoms with Gasteiger partial charge in [-0.1, -0.05) is 0 Å². The second kappa shape index (κ2) is 6.23. The summed E-state index contributed by atoms with van der Waals surface area (Å²) in [5, 5.41) is 17.9. The first-order chi connectivity index (χ1) is 11.7. The van der Waals surface area contributed by atoms with Gasteiger partial charge in [0.25, 0.3) is 0 Å². The van der Waals surface area contributed by atoms with Crippen LogP contribution >= 0.6 is 0 Å². The van der Waals surface area contributed by atoms with E-state index in [9.17, 15) is 5.26 Å². The summed E-state index contributed by atoms with van der Waals surface area (Å²) in [6.07, 6.45) is 4.66. The highest BCUT2D eigenvalue weighted by Crippen LogP contribution is 2.28. The number of hydrogen-bond donors (Lipinski definition) is 3. The van der Waals surface area contributed by atoms with Crippen molar-refractivity contribution in [3.05, 3.63) is 24.0 Å². The Bertz CT molecular complexity index is 790. The molecule has 0 spiro atoms. The first-order valence-electron chi connectivity index (χ1n) is 8.28.